The smallest absolute Gasteiger partial charge is 0.221 e. The van der Waals surface area contributed by atoms with Gasteiger partial charge in [-0.2, -0.15) is 0 Å². The summed E-state index contributed by atoms with van der Waals surface area (Å²) in [5, 5.41) is 6.54. The number of likely N-dealkylation sites (tertiary alicyclic amines) is 1. The lowest BCUT2D eigenvalue weighted by molar-refractivity contribution is -0.114. The van der Waals surface area contributed by atoms with E-state index in [1.807, 2.05) is 12.1 Å². The monoisotopic (exact) mass is 317 g/mol. The number of rotatable bonds is 7. The molecule has 2 atom stereocenters. The predicted molar refractivity (Wildman–Crippen MR) is 96.6 cm³/mol. The van der Waals surface area contributed by atoms with Crippen LogP contribution in [0.1, 0.15) is 52.1 Å². The molecule has 0 aromatic heterocycles. The molecule has 4 nitrogen and oxygen atoms in total. The molecule has 1 saturated heterocycles. The quantitative estimate of drug-likeness (QED) is 0.810. The van der Waals surface area contributed by atoms with Crippen LogP contribution in [0.4, 0.5) is 5.69 Å². The molecule has 1 heterocycles. The zero-order valence-electron chi connectivity index (χ0n) is 14.9. The van der Waals surface area contributed by atoms with Crippen LogP contribution in [0, 0.1) is 5.92 Å². The largest absolute Gasteiger partial charge is 0.326 e. The van der Waals surface area contributed by atoms with Crippen molar-refractivity contribution in [1.82, 2.24) is 10.2 Å². The topological polar surface area (TPSA) is 44.4 Å². The molecule has 128 valence electrons. The molecule has 1 aliphatic heterocycles. The minimum Gasteiger partial charge on any atom is -0.326 e. The summed E-state index contributed by atoms with van der Waals surface area (Å²) in [6.07, 6.45) is 2.66. The predicted octanol–water partition coefficient (Wildman–Crippen LogP) is 3.42. The third kappa shape index (κ3) is 5.33. The Hall–Kier alpha value is -1.39. The van der Waals surface area contributed by atoms with Gasteiger partial charge in [0, 0.05) is 31.2 Å². The Bertz CT molecular complexity index is 509. The molecule has 2 unspecified atom stereocenters. The number of hydrogen-bond acceptors (Lipinski definition) is 3. The van der Waals surface area contributed by atoms with Crippen LogP contribution in [0.15, 0.2) is 24.3 Å². The van der Waals surface area contributed by atoms with E-state index < -0.39 is 0 Å². The summed E-state index contributed by atoms with van der Waals surface area (Å²) in [6.45, 7) is 11.8. The van der Waals surface area contributed by atoms with Gasteiger partial charge in [0.2, 0.25) is 5.91 Å². The van der Waals surface area contributed by atoms with E-state index in [1.54, 1.807) is 0 Å². The van der Waals surface area contributed by atoms with Crippen molar-refractivity contribution in [3.8, 4) is 0 Å². The highest BCUT2D eigenvalue weighted by atomic mass is 16.1. The van der Waals surface area contributed by atoms with Gasteiger partial charge in [0.25, 0.3) is 0 Å². The molecule has 4 heteroatoms. The van der Waals surface area contributed by atoms with Gasteiger partial charge in [-0.3, -0.25) is 9.69 Å². The van der Waals surface area contributed by atoms with Crippen LogP contribution in [0.3, 0.4) is 0 Å². The van der Waals surface area contributed by atoms with Gasteiger partial charge in [0.1, 0.15) is 0 Å². The molecule has 0 spiro atoms. The van der Waals surface area contributed by atoms with Crippen LogP contribution in [0.5, 0.6) is 0 Å². The minimum absolute atomic E-state index is 0.0309. The first-order valence-electron chi connectivity index (χ1n) is 8.82. The van der Waals surface area contributed by atoms with Gasteiger partial charge in [-0.05, 0) is 56.5 Å². The normalized spacial score (nSPS) is 18.1. The lowest BCUT2D eigenvalue weighted by Crippen LogP contribution is -2.44. The molecule has 2 N–H and O–H groups in total. The SMILES string of the molecule is CC(=O)Nc1cccc(C(C)NCC(C(C)C)N2CCCC2)c1. The zero-order valence-corrected chi connectivity index (χ0v) is 14.9. The van der Waals surface area contributed by atoms with Crippen molar-refractivity contribution >= 4 is 11.6 Å². The summed E-state index contributed by atoms with van der Waals surface area (Å²) in [6, 6.07) is 8.96. The Kier molecular flexibility index (Phi) is 6.60. The maximum absolute atomic E-state index is 11.2. The average molecular weight is 317 g/mol. The lowest BCUT2D eigenvalue weighted by atomic mass is 10.0. The summed E-state index contributed by atoms with van der Waals surface area (Å²) >= 11 is 0. The Morgan fingerprint density at radius 3 is 2.52 bits per heavy atom. The average Bonchev–Trinajstić information content (AvgIpc) is 3.00. The third-order valence-electron chi connectivity index (χ3n) is 4.72. The highest BCUT2D eigenvalue weighted by molar-refractivity contribution is 5.88. The fourth-order valence-corrected chi connectivity index (χ4v) is 3.36. The van der Waals surface area contributed by atoms with Crippen LogP contribution < -0.4 is 10.6 Å². The molecule has 0 radical (unpaired) electrons. The maximum atomic E-state index is 11.2. The summed E-state index contributed by atoms with van der Waals surface area (Å²) in [5.74, 6) is 0.621. The molecule has 0 aliphatic carbocycles. The van der Waals surface area contributed by atoms with Crippen LogP contribution >= 0.6 is 0 Å². The second-order valence-corrected chi connectivity index (χ2v) is 6.99. The number of hydrogen-bond donors (Lipinski definition) is 2. The summed E-state index contributed by atoms with van der Waals surface area (Å²) < 4.78 is 0. The van der Waals surface area contributed by atoms with Crippen LogP contribution in [-0.4, -0.2) is 36.5 Å². The first-order chi connectivity index (χ1) is 11.0. The van der Waals surface area contributed by atoms with E-state index in [9.17, 15) is 4.79 Å². The molecular weight excluding hydrogens is 286 g/mol. The number of anilines is 1. The maximum Gasteiger partial charge on any atom is 0.221 e. The van der Waals surface area contributed by atoms with Crippen LogP contribution in [0.25, 0.3) is 0 Å². The van der Waals surface area contributed by atoms with Gasteiger partial charge in [0.05, 0.1) is 0 Å². The molecule has 0 saturated carbocycles. The Morgan fingerprint density at radius 1 is 1.22 bits per heavy atom. The van der Waals surface area contributed by atoms with Crippen molar-refractivity contribution in [2.24, 2.45) is 5.92 Å². The summed E-state index contributed by atoms with van der Waals surface area (Å²) in [4.78, 5) is 13.8. The van der Waals surface area contributed by atoms with Gasteiger partial charge in [0.15, 0.2) is 0 Å². The van der Waals surface area contributed by atoms with Crippen molar-refractivity contribution in [3.63, 3.8) is 0 Å². The number of nitrogens with one attached hydrogen (secondary N) is 2. The highest BCUT2D eigenvalue weighted by Crippen LogP contribution is 2.20. The number of carbonyl (C=O) groups is 1. The molecule has 1 aliphatic rings. The summed E-state index contributed by atoms with van der Waals surface area (Å²) in [5.41, 5.74) is 2.07. The Morgan fingerprint density at radius 2 is 1.91 bits per heavy atom. The third-order valence-corrected chi connectivity index (χ3v) is 4.72. The van der Waals surface area contributed by atoms with Gasteiger partial charge >= 0.3 is 0 Å². The fourth-order valence-electron chi connectivity index (χ4n) is 3.36. The molecular formula is C19H31N3O. The van der Waals surface area contributed by atoms with Crippen molar-refractivity contribution in [2.75, 3.05) is 25.0 Å². The minimum atomic E-state index is -0.0309. The van der Waals surface area contributed by atoms with Gasteiger partial charge in [-0.1, -0.05) is 26.0 Å². The number of amides is 1. The van der Waals surface area contributed by atoms with Gasteiger partial charge in [-0.25, -0.2) is 0 Å². The fraction of sp³-hybridized carbons (Fsp3) is 0.632. The molecule has 23 heavy (non-hydrogen) atoms. The molecule has 1 amide bonds. The molecule has 1 aromatic rings. The van der Waals surface area contributed by atoms with E-state index in [2.05, 4.69) is 48.4 Å². The van der Waals surface area contributed by atoms with E-state index in [4.69, 9.17) is 0 Å². The van der Waals surface area contributed by atoms with Crippen molar-refractivity contribution in [3.05, 3.63) is 29.8 Å². The van der Waals surface area contributed by atoms with Crippen LogP contribution in [-0.2, 0) is 4.79 Å². The van der Waals surface area contributed by atoms with Crippen molar-refractivity contribution in [1.29, 1.82) is 0 Å². The number of benzene rings is 1. The van der Waals surface area contributed by atoms with Crippen molar-refractivity contribution < 1.29 is 4.79 Å². The zero-order chi connectivity index (χ0) is 16.8. The van der Waals surface area contributed by atoms with E-state index >= 15 is 0 Å². The highest BCUT2D eigenvalue weighted by Gasteiger charge is 2.24. The van der Waals surface area contributed by atoms with Crippen molar-refractivity contribution in [2.45, 2.75) is 52.6 Å². The van der Waals surface area contributed by atoms with Gasteiger partial charge < -0.3 is 10.6 Å². The first-order valence-corrected chi connectivity index (χ1v) is 8.82. The Balaban J connectivity index is 1.94. The first kappa shape index (κ1) is 18.0. The number of carbonyl (C=O) groups excluding carboxylic acids is 1. The molecule has 2 rings (SSSR count). The number of nitrogens with zero attached hydrogens (tertiary/aromatic N) is 1. The summed E-state index contributed by atoms with van der Waals surface area (Å²) in [7, 11) is 0. The molecule has 1 aromatic carbocycles. The van der Waals surface area contributed by atoms with E-state index in [1.165, 1.54) is 38.4 Å². The van der Waals surface area contributed by atoms with E-state index in [-0.39, 0.29) is 11.9 Å². The standard InChI is InChI=1S/C19H31N3O/c1-14(2)19(22-10-5-6-11-22)13-20-15(3)17-8-7-9-18(12-17)21-16(4)23/h7-9,12,14-15,19-20H,5-6,10-11,13H2,1-4H3,(H,21,23). The van der Waals surface area contributed by atoms with Crippen LogP contribution in [0.2, 0.25) is 0 Å². The molecule has 0 bridgehead atoms. The second-order valence-electron chi connectivity index (χ2n) is 6.99. The van der Waals surface area contributed by atoms with E-state index in [0.717, 1.165) is 12.2 Å². The van der Waals surface area contributed by atoms with Gasteiger partial charge in [-0.15, -0.1) is 0 Å². The second kappa shape index (κ2) is 8.46. The Labute approximate surface area is 140 Å². The molecule has 1 fully saturated rings. The lowest BCUT2D eigenvalue weighted by Gasteiger charge is -2.32. The van der Waals surface area contributed by atoms with E-state index in [0.29, 0.717) is 12.0 Å².